The zero-order chi connectivity index (χ0) is 21.7. The molecule has 4 nitrogen and oxygen atoms in total. The van der Waals surface area contributed by atoms with E-state index < -0.39 is 11.4 Å². The molecule has 1 unspecified atom stereocenters. The molecule has 0 amide bonds. The summed E-state index contributed by atoms with van der Waals surface area (Å²) in [4.78, 5) is 28.0. The Kier molecular flexibility index (Phi) is 10.9. The third kappa shape index (κ3) is 6.82. The number of benzene rings is 1. The first-order valence-corrected chi connectivity index (χ1v) is 10.5. The van der Waals surface area contributed by atoms with E-state index in [2.05, 4.69) is 11.5 Å². The molecule has 0 radical (unpaired) electrons. The van der Waals surface area contributed by atoms with Crippen LogP contribution in [0.1, 0.15) is 46.1 Å². The lowest BCUT2D eigenvalue weighted by atomic mass is 9.72. The predicted octanol–water partition coefficient (Wildman–Crippen LogP) is 5.12. The average Bonchev–Trinajstić information content (AvgIpc) is 2.75. The molecule has 1 aromatic rings. The summed E-state index contributed by atoms with van der Waals surface area (Å²) in [5, 5.41) is 0. The zero-order valence-electron chi connectivity index (χ0n) is 18.3. The maximum atomic E-state index is 13.1. The fraction of sp³-hybridized carbons (Fsp3) is 0.440. The highest BCUT2D eigenvalue weighted by Crippen LogP contribution is 2.37. The van der Waals surface area contributed by atoms with E-state index in [-0.39, 0.29) is 18.9 Å². The van der Waals surface area contributed by atoms with Crippen molar-refractivity contribution in [3.63, 3.8) is 0 Å². The van der Waals surface area contributed by atoms with Crippen LogP contribution in [-0.2, 0) is 20.9 Å². The number of carbonyl (C=O) groups excluding carboxylic acids is 2. The molecule has 0 aromatic heterocycles. The van der Waals surface area contributed by atoms with Gasteiger partial charge in [0.05, 0.1) is 13.2 Å². The van der Waals surface area contributed by atoms with E-state index >= 15 is 0 Å². The van der Waals surface area contributed by atoms with Gasteiger partial charge in [0.2, 0.25) is 0 Å². The minimum Gasteiger partial charge on any atom is -0.465 e. The summed E-state index contributed by atoms with van der Waals surface area (Å²) in [6.45, 7) is 13.4. The lowest BCUT2D eigenvalue weighted by Gasteiger charge is -2.38. The molecule has 1 atom stereocenters. The van der Waals surface area contributed by atoms with Crippen molar-refractivity contribution in [1.29, 1.82) is 0 Å². The minimum absolute atomic E-state index is 0.0728. The Hall–Kier alpha value is -2.46. The van der Waals surface area contributed by atoms with Crippen LogP contribution in [0.15, 0.2) is 66.8 Å². The smallest absolute Gasteiger partial charge is 0.320 e. The van der Waals surface area contributed by atoms with Gasteiger partial charge in [-0.1, -0.05) is 75.1 Å². The molecule has 0 spiro atoms. The molecule has 158 valence electrons. The van der Waals surface area contributed by atoms with Crippen LogP contribution in [0.2, 0.25) is 0 Å². The Morgan fingerprint density at radius 1 is 1.28 bits per heavy atom. The van der Waals surface area contributed by atoms with Crippen LogP contribution in [0.4, 0.5) is 0 Å². The Bertz CT molecular complexity index is 721. The first-order chi connectivity index (χ1) is 14.1. The van der Waals surface area contributed by atoms with Crippen LogP contribution in [-0.4, -0.2) is 36.3 Å². The van der Waals surface area contributed by atoms with Gasteiger partial charge < -0.3 is 4.74 Å². The number of ether oxygens (including phenoxy) is 1. The van der Waals surface area contributed by atoms with Gasteiger partial charge in [0.25, 0.3) is 0 Å². The van der Waals surface area contributed by atoms with Crippen molar-refractivity contribution in [1.82, 2.24) is 4.90 Å². The van der Waals surface area contributed by atoms with Crippen LogP contribution in [0.3, 0.4) is 0 Å². The maximum Gasteiger partial charge on any atom is 0.320 e. The molecule has 0 N–H and O–H groups in total. The number of esters is 1. The highest BCUT2D eigenvalue weighted by atomic mass is 16.5. The van der Waals surface area contributed by atoms with E-state index in [1.54, 1.807) is 13.0 Å². The third-order valence-corrected chi connectivity index (χ3v) is 4.94. The first kappa shape index (κ1) is 24.6. The standard InChI is InChI=1S/C23H29NO3.C2H6/c1-4-7-11-19(5-2)16-23(22(26)27-6-3)14-15-24(18-21(23)25)17-20-12-9-8-10-13-20;1-2/h4-5,7-13H,2,6,14-18H2,1,3H3;1-2H3/b7-4-,19-11+;. The summed E-state index contributed by atoms with van der Waals surface area (Å²) < 4.78 is 5.30. The largest absolute Gasteiger partial charge is 0.465 e. The van der Waals surface area contributed by atoms with Crippen molar-refractivity contribution < 1.29 is 14.3 Å². The first-order valence-electron chi connectivity index (χ1n) is 10.5. The lowest BCUT2D eigenvalue weighted by Crippen LogP contribution is -2.52. The highest BCUT2D eigenvalue weighted by molar-refractivity contribution is 6.05. The summed E-state index contributed by atoms with van der Waals surface area (Å²) >= 11 is 0. The van der Waals surface area contributed by atoms with Gasteiger partial charge >= 0.3 is 5.97 Å². The number of piperidine rings is 1. The van der Waals surface area contributed by atoms with Crippen molar-refractivity contribution >= 4 is 11.8 Å². The van der Waals surface area contributed by atoms with Crippen LogP contribution < -0.4 is 0 Å². The van der Waals surface area contributed by atoms with Gasteiger partial charge in [-0.3, -0.25) is 14.5 Å². The Labute approximate surface area is 175 Å². The van der Waals surface area contributed by atoms with E-state index in [1.807, 2.05) is 69.3 Å². The molecule has 1 aromatic carbocycles. The van der Waals surface area contributed by atoms with Gasteiger partial charge in [-0.15, -0.1) is 0 Å². The van der Waals surface area contributed by atoms with E-state index in [0.717, 1.165) is 11.1 Å². The molecule has 1 aliphatic rings. The van der Waals surface area contributed by atoms with Crippen molar-refractivity contribution in [3.8, 4) is 0 Å². The summed E-state index contributed by atoms with van der Waals surface area (Å²) in [6.07, 6.45) is 8.20. The molecule has 1 fully saturated rings. The quantitative estimate of drug-likeness (QED) is 0.347. The molecule has 0 saturated carbocycles. The molecule has 4 heteroatoms. The summed E-state index contributed by atoms with van der Waals surface area (Å²) in [5.41, 5.74) is 0.907. The van der Waals surface area contributed by atoms with Gasteiger partial charge in [-0.05, 0) is 37.8 Å². The Morgan fingerprint density at radius 2 is 1.97 bits per heavy atom. The SMILES string of the molecule is C=C/C(=C\C=C/C)CC1(C(=O)OCC)CCN(Cc2ccccc2)CC1=O.CC. The molecule has 0 bridgehead atoms. The Morgan fingerprint density at radius 3 is 2.52 bits per heavy atom. The predicted molar refractivity (Wildman–Crippen MR) is 119 cm³/mol. The topological polar surface area (TPSA) is 46.6 Å². The number of nitrogens with zero attached hydrogens (tertiary/aromatic N) is 1. The second-order valence-electron chi connectivity index (χ2n) is 6.82. The van der Waals surface area contributed by atoms with E-state index in [1.165, 1.54) is 0 Å². The molecule has 1 saturated heterocycles. The fourth-order valence-electron chi connectivity index (χ4n) is 3.41. The van der Waals surface area contributed by atoms with Crippen molar-refractivity contribution in [2.75, 3.05) is 19.7 Å². The van der Waals surface area contributed by atoms with Crippen molar-refractivity contribution in [3.05, 3.63) is 72.4 Å². The van der Waals surface area contributed by atoms with Crippen LogP contribution in [0.5, 0.6) is 0 Å². The molecular formula is C25H35NO3. The van der Waals surface area contributed by atoms with Gasteiger partial charge in [-0.2, -0.15) is 0 Å². The monoisotopic (exact) mass is 397 g/mol. The molecule has 1 aliphatic heterocycles. The Balaban J connectivity index is 0.00000204. The van der Waals surface area contributed by atoms with Crippen LogP contribution >= 0.6 is 0 Å². The summed E-state index contributed by atoms with van der Waals surface area (Å²) in [7, 11) is 0. The average molecular weight is 398 g/mol. The second kappa shape index (κ2) is 12.9. The molecule has 1 heterocycles. The second-order valence-corrected chi connectivity index (χ2v) is 6.82. The number of Topliss-reactive ketones (excluding diaryl/α,β-unsaturated/α-hetero) is 1. The van der Waals surface area contributed by atoms with Crippen molar-refractivity contribution in [2.24, 2.45) is 5.41 Å². The number of ketones is 1. The number of hydrogen-bond acceptors (Lipinski definition) is 4. The van der Waals surface area contributed by atoms with Gasteiger partial charge in [0.1, 0.15) is 5.41 Å². The zero-order valence-corrected chi connectivity index (χ0v) is 18.3. The number of hydrogen-bond donors (Lipinski definition) is 0. The number of allylic oxidation sites excluding steroid dienone is 5. The molecule has 2 rings (SSSR count). The third-order valence-electron chi connectivity index (χ3n) is 4.94. The lowest BCUT2D eigenvalue weighted by molar-refractivity contribution is -0.163. The minimum atomic E-state index is -1.12. The van der Waals surface area contributed by atoms with Gasteiger partial charge in [0.15, 0.2) is 5.78 Å². The number of rotatable bonds is 8. The van der Waals surface area contributed by atoms with Crippen molar-refractivity contribution in [2.45, 2.75) is 47.1 Å². The van der Waals surface area contributed by atoms with Crippen LogP contribution in [0.25, 0.3) is 0 Å². The normalized spacial score (nSPS) is 20.1. The number of carbonyl (C=O) groups is 2. The van der Waals surface area contributed by atoms with E-state index in [4.69, 9.17) is 4.74 Å². The maximum absolute atomic E-state index is 13.1. The molecule has 29 heavy (non-hydrogen) atoms. The van der Waals surface area contributed by atoms with Gasteiger partial charge in [-0.25, -0.2) is 0 Å². The fourth-order valence-corrected chi connectivity index (χ4v) is 3.41. The highest BCUT2D eigenvalue weighted by Gasteiger charge is 2.49. The summed E-state index contributed by atoms with van der Waals surface area (Å²) in [6, 6.07) is 10.1. The molecule has 0 aliphatic carbocycles. The summed E-state index contributed by atoms with van der Waals surface area (Å²) in [5.74, 6) is -0.487. The van der Waals surface area contributed by atoms with Crippen LogP contribution in [0, 0.1) is 5.41 Å². The van der Waals surface area contributed by atoms with E-state index in [0.29, 0.717) is 25.9 Å². The number of likely N-dealkylation sites (tertiary alicyclic amines) is 1. The van der Waals surface area contributed by atoms with E-state index in [9.17, 15) is 9.59 Å². The van der Waals surface area contributed by atoms with Gasteiger partial charge in [0, 0.05) is 13.1 Å². The molecular weight excluding hydrogens is 362 g/mol.